The fourth-order valence-electron chi connectivity index (χ4n) is 9.53. The van der Waals surface area contributed by atoms with Crippen molar-refractivity contribution in [1.82, 2.24) is 0 Å². The molecule has 1 atom stereocenters. The van der Waals surface area contributed by atoms with Gasteiger partial charge in [0.1, 0.15) is 13.2 Å². The number of unbranched alkanes of at least 4 members (excludes halogenated alkanes) is 29. The van der Waals surface area contributed by atoms with Gasteiger partial charge in [-0.1, -0.05) is 315 Å². The molecule has 1 unspecified atom stereocenters. The molecule has 0 saturated heterocycles. The van der Waals surface area contributed by atoms with E-state index >= 15 is 0 Å². The maximum absolute atomic E-state index is 13.0. The summed E-state index contributed by atoms with van der Waals surface area (Å²) >= 11 is 0. The Hall–Kier alpha value is -4.45. The van der Waals surface area contributed by atoms with Crippen LogP contribution >= 0.6 is 0 Å². The quantitative estimate of drug-likeness (QED) is 0.0261. The van der Waals surface area contributed by atoms with Crippen LogP contribution in [0.5, 0.6) is 0 Å². The third kappa shape index (κ3) is 68.2. The van der Waals surface area contributed by atoms with Crippen LogP contribution in [-0.4, -0.2) is 37.2 Å². The Morgan fingerprint density at radius 3 is 0.735 bits per heavy atom. The largest absolute Gasteiger partial charge is 0.462 e. The molecule has 0 aliphatic rings. The lowest BCUT2D eigenvalue weighted by Crippen LogP contribution is -2.30. The molecule has 0 saturated carbocycles. The number of hydrogen-bond donors (Lipinski definition) is 0. The molecule has 0 aromatic carbocycles. The first-order chi connectivity index (χ1) is 41.0. The summed E-state index contributed by atoms with van der Waals surface area (Å²) < 4.78 is 17.0. The molecule has 6 nitrogen and oxygen atoms in total. The summed E-state index contributed by atoms with van der Waals surface area (Å²) in [5.41, 5.74) is 0. The third-order valence-electron chi connectivity index (χ3n) is 14.7. The summed E-state index contributed by atoms with van der Waals surface area (Å²) in [6.07, 6.45) is 98.9. The van der Waals surface area contributed by atoms with Crippen LogP contribution in [0.2, 0.25) is 0 Å². The first kappa shape index (κ1) is 78.5. The molecule has 83 heavy (non-hydrogen) atoms. The highest BCUT2D eigenvalue weighted by molar-refractivity contribution is 5.71. The standard InChI is InChI=1S/C77H128O6/c1-4-7-10-13-16-19-22-25-28-31-34-36-38-40-43-46-49-52-55-58-61-64-67-70-76(79)82-73-74(72-81-75(78)69-66-63-60-57-54-51-48-45-42-33-30-27-24-21-18-15-12-9-6-3)83-77(80)71-68-65-62-59-56-53-50-47-44-41-39-37-35-32-29-26-23-20-17-14-11-8-5-2/h7-8,10-11,16-17,19-20,25-26,28-29,34-37,40-41,43-44,49,52,74H,4-6,9,12-15,18,21-24,27,30-33,38-39,42,45-48,50-51,53-73H2,1-3H3/b10-7-,11-8-,19-16-,20-17-,28-25-,29-26-,36-34-,37-35-,43-40-,44-41-,52-49-. The minimum Gasteiger partial charge on any atom is -0.462 e. The van der Waals surface area contributed by atoms with Gasteiger partial charge in [0.25, 0.3) is 0 Å². The lowest BCUT2D eigenvalue weighted by atomic mass is 10.0. The average molecular weight is 1150 g/mol. The molecule has 0 aliphatic carbocycles. The van der Waals surface area contributed by atoms with Crippen LogP contribution in [0.1, 0.15) is 316 Å². The fourth-order valence-corrected chi connectivity index (χ4v) is 9.53. The van der Waals surface area contributed by atoms with E-state index in [2.05, 4.69) is 154 Å². The first-order valence-electron chi connectivity index (χ1n) is 34.7. The number of ether oxygens (including phenoxy) is 3. The van der Waals surface area contributed by atoms with Crippen molar-refractivity contribution in [2.45, 2.75) is 322 Å². The first-order valence-corrected chi connectivity index (χ1v) is 34.7. The topological polar surface area (TPSA) is 78.9 Å². The van der Waals surface area contributed by atoms with Gasteiger partial charge in [-0.05, 0) is 116 Å². The van der Waals surface area contributed by atoms with E-state index in [0.717, 1.165) is 154 Å². The summed E-state index contributed by atoms with van der Waals surface area (Å²) in [6.45, 7) is 6.42. The van der Waals surface area contributed by atoms with Crippen molar-refractivity contribution in [3.8, 4) is 0 Å². The number of carbonyl (C=O) groups excluding carboxylic acids is 3. The smallest absolute Gasteiger partial charge is 0.306 e. The van der Waals surface area contributed by atoms with Gasteiger partial charge < -0.3 is 14.2 Å². The van der Waals surface area contributed by atoms with Crippen LogP contribution in [0.25, 0.3) is 0 Å². The molecule has 0 N–H and O–H groups in total. The van der Waals surface area contributed by atoms with Crippen molar-refractivity contribution in [2.75, 3.05) is 13.2 Å². The minimum absolute atomic E-state index is 0.0921. The molecule has 0 bridgehead atoms. The SMILES string of the molecule is CC/C=C\C/C=C\C/C=C\C/C=C\C/C=C\C/C=C\CCCCCCC(=O)OCC(COC(=O)CCCCCCCCCCCCCCCCCCCCC)OC(=O)CCCCCCCCC/C=C\C/C=C\C/C=C\C/C=C\C/C=C\CC. The van der Waals surface area contributed by atoms with Crippen molar-refractivity contribution in [2.24, 2.45) is 0 Å². The normalized spacial score (nSPS) is 13.0. The Bertz CT molecular complexity index is 1750. The number of esters is 3. The third-order valence-corrected chi connectivity index (χ3v) is 14.7. The van der Waals surface area contributed by atoms with Gasteiger partial charge >= 0.3 is 17.9 Å². The van der Waals surface area contributed by atoms with Crippen molar-refractivity contribution < 1.29 is 28.6 Å². The van der Waals surface area contributed by atoms with E-state index in [-0.39, 0.29) is 31.1 Å². The minimum atomic E-state index is -0.801. The van der Waals surface area contributed by atoms with Gasteiger partial charge in [-0.15, -0.1) is 0 Å². The lowest BCUT2D eigenvalue weighted by Gasteiger charge is -2.18. The summed E-state index contributed by atoms with van der Waals surface area (Å²) in [7, 11) is 0. The van der Waals surface area contributed by atoms with E-state index in [9.17, 15) is 14.4 Å². The zero-order chi connectivity index (χ0) is 59.9. The molecule has 0 heterocycles. The Kier molecular flexibility index (Phi) is 66.3. The monoisotopic (exact) mass is 1150 g/mol. The highest BCUT2D eigenvalue weighted by Gasteiger charge is 2.19. The zero-order valence-electron chi connectivity index (χ0n) is 54.2. The second kappa shape index (κ2) is 70.0. The van der Waals surface area contributed by atoms with E-state index in [1.165, 1.54) is 122 Å². The van der Waals surface area contributed by atoms with Crippen LogP contribution in [0, 0.1) is 0 Å². The van der Waals surface area contributed by atoms with Gasteiger partial charge in [0, 0.05) is 19.3 Å². The van der Waals surface area contributed by atoms with Crippen LogP contribution in [0.3, 0.4) is 0 Å². The zero-order valence-corrected chi connectivity index (χ0v) is 54.2. The maximum atomic E-state index is 13.0. The summed E-state index contributed by atoms with van der Waals surface area (Å²) in [5, 5.41) is 0. The van der Waals surface area contributed by atoms with Crippen LogP contribution in [-0.2, 0) is 28.6 Å². The van der Waals surface area contributed by atoms with E-state index in [1.54, 1.807) is 0 Å². The lowest BCUT2D eigenvalue weighted by molar-refractivity contribution is -0.167. The molecule has 0 aromatic rings. The van der Waals surface area contributed by atoms with E-state index in [0.29, 0.717) is 19.3 Å². The molecule has 0 fully saturated rings. The number of rotatable bonds is 62. The van der Waals surface area contributed by atoms with Gasteiger partial charge in [0.05, 0.1) is 0 Å². The van der Waals surface area contributed by atoms with Crippen LogP contribution < -0.4 is 0 Å². The van der Waals surface area contributed by atoms with Crippen molar-refractivity contribution in [1.29, 1.82) is 0 Å². The van der Waals surface area contributed by atoms with Crippen LogP contribution in [0.15, 0.2) is 134 Å². The molecule has 0 aliphatic heterocycles. The molecular weight excluding hydrogens is 1020 g/mol. The molecular formula is C77H128O6. The van der Waals surface area contributed by atoms with Gasteiger partial charge in [-0.3, -0.25) is 14.4 Å². The Morgan fingerprint density at radius 2 is 0.470 bits per heavy atom. The van der Waals surface area contributed by atoms with E-state index in [1.807, 2.05) is 0 Å². The second-order valence-corrected chi connectivity index (χ2v) is 22.7. The van der Waals surface area contributed by atoms with E-state index in [4.69, 9.17) is 14.2 Å². The predicted octanol–water partition coefficient (Wildman–Crippen LogP) is 24.1. The molecule has 0 amide bonds. The maximum Gasteiger partial charge on any atom is 0.306 e. The molecule has 0 spiro atoms. The summed E-state index contributed by atoms with van der Waals surface area (Å²) in [6, 6.07) is 0. The number of hydrogen-bond acceptors (Lipinski definition) is 6. The molecule has 6 heteroatoms. The summed E-state index contributed by atoms with van der Waals surface area (Å²) in [4.78, 5) is 38.5. The Balaban J connectivity index is 4.47. The van der Waals surface area contributed by atoms with Gasteiger partial charge in [0.15, 0.2) is 6.10 Å². The Morgan fingerprint density at radius 1 is 0.253 bits per heavy atom. The van der Waals surface area contributed by atoms with Crippen molar-refractivity contribution in [3.63, 3.8) is 0 Å². The Labute approximate surface area is 513 Å². The predicted molar refractivity (Wildman–Crippen MR) is 362 cm³/mol. The second-order valence-electron chi connectivity index (χ2n) is 22.7. The average Bonchev–Trinajstić information content (AvgIpc) is 3.49. The van der Waals surface area contributed by atoms with Gasteiger partial charge in [-0.25, -0.2) is 0 Å². The van der Waals surface area contributed by atoms with Crippen LogP contribution in [0.4, 0.5) is 0 Å². The molecule has 472 valence electrons. The number of allylic oxidation sites excluding steroid dienone is 22. The van der Waals surface area contributed by atoms with Gasteiger partial charge in [-0.2, -0.15) is 0 Å². The fraction of sp³-hybridized carbons (Fsp3) is 0.675. The van der Waals surface area contributed by atoms with E-state index < -0.39 is 6.10 Å². The molecule has 0 rings (SSSR count). The van der Waals surface area contributed by atoms with Crippen molar-refractivity contribution in [3.05, 3.63) is 134 Å². The highest BCUT2D eigenvalue weighted by atomic mass is 16.6. The highest BCUT2D eigenvalue weighted by Crippen LogP contribution is 2.17. The van der Waals surface area contributed by atoms with Crippen molar-refractivity contribution >= 4 is 17.9 Å². The summed E-state index contributed by atoms with van der Waals surface area (Å²) in [5.74, 6) is -0.919. The molecule has 0 aromatic heterocycles. The molecule has 0 radical (unpaired) electrons. The number of carbonyl (C=O) groups is 3. The van der Waals surface area contributed by atoms with Gasteiger partial charge in [0.2, 0.25) is 0 Å².